The zero-order chi connectivity index (χ0) is 22.5. The number of pyridine rings is 1. The van der Waals surface area contributed by atoms with Crippen molar-refractivity contribution in [3.8, 4) is 16.9 Å². The highest BCUT2D eigenvalue weighted by atomic mass is 19.4. The van der Waals surface area contributed by atoms with Crippen LogP contribution in [0.1, 0.15) is 30.9 Å². The van der Waals surface area contributed by atoms with Crippen molar-refractivity contribution in [2.45, 2.75) is 44.1 Å². The maximum Gasteiger partial charge on any atom is 0.573 e. The van der Waals surface area contributed by atoms with Gasteiger partial charge in [-0.05, 0) is 69.1 Å². The summed E-state index contributed by atoms with van der Waals surface area (Å²) < 4.78 is 43.5. The van der Waals surface area contributed by atoms with Crippen molar-refractivity contribution in [3.05, 3.63) is 52.4 Å². The summed E-state index contributed by atoms with van der Waals surface area (Å²) in [7, 11) is 2.17. The van der Waals surface area contributed by atoms with Crippen LogP contribution in [0.3, 0.4) is 0 Å². The van der Waals surface area contributed by atoms with Crippen molar-refractivity contribution in [3.63, 3.8) is 0 Å². The van der Waals surface area contributed by atoms with Crippen LogP contribution in [0, 0.1) is 5.92 Å². The third-order valence-electron chi connectivity index (χ3n) is 7.22. The van der Waals surface area contributed by atoms with Gasteiger partial charge in [0.05, 0.1) is 0 Å². The van der Waals surface area contributed by atoms with Gasteiger partial charge in [0.25, 0.3) is 5.56 Å². The van der Waals surface area contributed by atoms with E-state index in [0.717, 1.165) is 49.4 Å². The molecule has 1 aromatic carbocycles. The van der Waals surface area contributed by atoms with E-state index in [-0.39, 0.29) is 17.2 Å². The standard InChI is InChI=1S/C24H28F3N3O2/c1-28-10-8-19(9-11-28)29-13-16-12-18(15-29)23-21(6-7-22(31)30(23)14-16)17-2-4-20(5-3-17)32-24(25,26)27/h2-7,16,18-19H,8-15H2,1H3/t16-,18-/m1/s1. The molecule has 1 aromatic heterocycles. The lowest BCUT2D eigenvalue weighted by atomic mass is 9.79. The number of halogens is 3. The first kappa shape index (κ1) is 21.5. The number of likely N-dealkylation sites (tertiary alicyclic amines) is 2. The topological polar surface area (TPSA) is 37.7 Å². The highest BCUT2D eigenvalue weighted by Crippen LogP contribution is 2.41. The third-order valence-corrected chi connectivity index (χ3v) is 7.22. The molecule has 0 N–H and O–H groups in total. The molecule has 32 heavy (non-hydrogen) atoms. The highest BCUT2D eigenvalue weighted by Gasteiger charge is 2.39. The van der Waals surface area contributed by atoms with E-state index in [2.05, 4.69) is 21.6 Å². The average molecular weight is 448 g/mol. The van der Waals surface area contributed by atoms with Gasteiger partial charge in [0.1, 0.15) is 5.75 Å². The molecule has 2 bridgehead atoms. The van der Waals surface area contributed by atoms with E-state index in [9.17, 15) is 18.0 Å². The Morgan fingerprint density at radius 1 is 0.969 bits per heavy atom. The zero-order valence-electron chi connectivity index (χ0n) is 18.1. The van der Waals surface area contributed by atoms with Crippen LogP contribution in [0.4, 0.5) is 13.2 Å². The minimum atomic E-state index is -4.71. The summed E-state index contributed by atoms with van der Waals surface area (Å²) in [5, 5.41) is 0. The second-order valence-electron chi connectivity index (χ2n) is 9.44. The zero-order valence-corrected chi connectivity index (χ0v) is 18.1. The van der Waals surface area contributed by atoms with Crippen LogP contribution in [0.25, 0.3) is 11.1 Å². The molecule has 8 heteroatoms. The second kappa shape index (κ2) is 8.23. The third kappa shape index (κ3) is 4.30. The van der Waals surface area contributed by atoms with E-state index in [0.29, 0.717) is 18.5 Å². The second-order valence-corrected chi connectivity index (χ2v) is 9.44. The van der Waals surface area contributed by atoms with Crippen molar-refractivity contribution in [2.24, 2.45) is 5.92 Å². The van der Waals surface area contributed by atoms with Crippen LogP contribution < -0.4 is 10.3 Å². The predicted octanol–water partition coefficient (Wildman–Crippen LogP) is 3.93. The molecule has 3 aliphatic heterocycles. The molecule has 5 nitrogen and oxygen atoms in total. The number of ether oxygens (including phenoxy) is 1. The Bertz CT molecular complexity index is 1030. The first-order valence-corrected chi connectivity index (χ1v) is 11.3. The fraction of sp³-hybridized carbons (Fsp3) is 0.542. The Kier molecular flexibility index (Phi) is 5.53. The van der Waals surface area contributed by atoms with E-state index >= 15 is 0 Å². The lowest BCUT2D eigenvalue weighted by Crippen LogP contribution is -2.53. The summed E-state index contributed by atoms with van der Waals surface area (Å²) in [4.78, 5) is 17.7. The van der Waals surface area contributed by atoms with E-state index in [4.69, 9.17) is 0 Å². The molecule has 0 spiro atoms. The van der Waals surface area contributed by atoms with Gasteiger partial charge in [-0.3, -0.25) is 9.69 Å². The largest absolute Gasteiger partial charge is 0.573 e. The molecule has 0 unspecified atom stereocenters. The highest BCUT2D eigenvalue weighted by molar-refractivity contribution is 5.67. The van der Waals surface area contributed by atoms with Crippen molar-refractivity contribution < 1.29 is 17.9 Å². The van der Waals surface area contributed by atoms with E-state index in [1.54, 1.807) is 18.2 Å². The first-order valence-electron chi connectivity index (χ1n) is 11.3. The molecule has 0 saturated carbocycles. The van der Waals surface area contributed by atoms with Crippen molar-refractivity contribution >= 4 is 0 Å². The van der Waals surface area contributed by atoms with Crippen LogP contribution >= 0.6 is 0 Å². The molecule has 2 saturated heterocycles. The molecule has 172 valence electrons. The number of alkyl halides is 3. The first-order chi connectivity index (χ1) is 15.3. The Morgan fingerprint density at radius 3 is 2.38 bits per heavy atom. The van der Waals surface area contributed by atoms with Gasteiger partial charge >= 0.3 is 6.36 Å². The van der Waals surface area contributed by atoms with Gasteiger partial charge in [0, 0.05) is 48.9 Å². The van der Waals surface area contributed by atoms with Crippen LogP contribution in [0.2, 0.25) is 0 Å². The predicted molar refractivity (Wildman–Crippen MR) is 116 cm³/mol. The molecule has 4 heterocycles. The molecule has 0 radical (unpaired) electrons. The number of hydrogen-bond donors (Lipinski definition) is 0. The van der Waals surface area contributed by atoms with E-state index in [1.165, 1.54) is 25.0 Å². The van der Waals surface area contributed by atoms with Gasteiger partial charge in [-0.2, -0.15) is 0 Å². The number of nitrogens with zero attached hydrogens (tertiary/aromatic N) is 3. The minimum Gasteiger partial charge on any atom is -0.406 e. The van der Waals surface area contributed by atoms with Gasteiger partial charge in [-0.1, -0.05) is 12.1 Å². The monoisotopic (exact) mass is 447 g/mol. The Balaban J connectivity index is 1.45. The maximum absolute atomic E-state index is 12.7. The van der Waals surface area contributed by atoms with Crippen LogP contribution in [-0.2, 0) is 6.54 Å². The summed E-state index contributed by atoms with van der Waals surface area (Å²) in [6.45, 7) is 4.90. The number of piperidine rings is 2. The van der Waals surface area contributed by atoms with Gasteiger partial charge < -0.3 is 14.2 Å². The fourth-order valence-electron chi connectivity index (χ4n) is 5.79. The number of rotatable bonds is 3. The van der Waals surface area contributed by atoms with Crippen LogP contribution in [-0.4, -0.2) is 60.0 Å². The van der Waals surface area contributed by atoms with E-state index in [1.807, 2.05) is 10.6 Å². The molecule has 0 aliphatic carbocycles. The van der Waals surface area contributed by atoms with E-state index < -0.39 is 6.36 Å². The molecule has 0 amide bonds. The summed E-state index contributed by atoms with van der Waals surface area (Å²) in [6.07, 6.45) is -1.32. The Morgan fingerprint density at radius 2 is 1.69 bits per heavy atom. The molecular weight excluding hydrogens is 419 g/mol. The van der Waals surface area contributed by atoms with Gasteiger partial charge in [0.15, 0.2) is 0 Å². The van der Waals surface area contributed by atoms with Crippen LogP contribution in [0.15, 0.2) is 41.2 Å². The summed E-state index contributed by atoms with van der Waals surface area (Å²) in [6, 6.07) is 9.94. The summed E-state index contributed by atoms with van der Waals surface area (Å²) >= 11 is 0. The number of benzene rings is 1. The molecule has 5 rings (SSSR count). The van der Waals surface area contributed by atoms with Crippen molar-refractivity contribution in [1.82, 2.24) is 14.4 Å². The van der Waals surface area contributed by atoms with Crippen LogP contribution in [0.5, 0.6) is 5.75 Å². The normalized spacial score (nSPS) is 24.9. The smallest absolute Gasteiger partial charge is 0.406 e. The number of hydrogen-bond acceptors (Lipinski definition) is 4. The van der Waals surface area contributed by atoms with Gasteiger partial charge in [0.2, 0.25) is 0 Å². The summed E-state index contributed by atoms with van der Waals surface area (Å²) in [5.74, 6) is 0.461. The van der Waals surface area contributed by atoms with Crippen molar-refractivity contribution in [1.29, 1.82) is 0 Å². The fourth-order valence-corrected chi connectivity index (χ4v) is 5.79. The minimum absolute atomic E-state index is 0.00298. The maximum atomic E-state index is 12.7. The molecule has 2 aromatic rings. The molecule has 3 aliphatic rings. The SMILES string of the molecule is CN1CCC(N2C[C@H]3C[C@H](C2)c2c(-c4ccc(OC(F)(F)F)cc4)ccc(=O)n2C3)CC1. The summed E-state index contributed by atoms with van der Waals surface area (Å²) in [5.41, 5.74) is 2.76. The lowest BCUT2D eigenvalue weighted by Gasteiger charge is -2.47. The van der Waals surface area contributed by atoms with Gasteiger partial charge in [-0.15, -0.1) is 13.2 Å². The average Bonchev–Trinajstić information content (AvgIpc) is 2.74. The Hall–Kier alpha value is -2.32. The lowest BCUT2D eigenvalue weighted by molar-refractivity contribution is -0.274. The number of fused-ring (bicyclic) bond motifs is 4. The molecule has 2 fully saturated rings. The number of aromatic nitrogens is 1. The van der Waals surface area contributed by atoms with Crippen molar-refractivity contribution in [2.75, 3.05) is 33.2 Å². The van der Waals surface area contributed by atoms with Gasteiger partial charge in [-0.25, -0.2) is 0 Å². The molecule has 2 atom stereocenters. The quantitative estimate of drug-likeness (QED) is 0.715. The molecular formula is C24H28F3N3O2. The Labute approximate surface area is 185 Å².